The first-order valence-corrected chi connectivity index (χ1v) is 13.7. The number of piperidine rings is 1. The second-order valence-corrected chi connectivity index (χ2v) is 11.0. The predicted octanol–water partition coefficient (Wildman–Crippen LogP) is 4.54. The van der Waals surface area contributed by atoms with Crippen LogP contribution in [0.3, 0.4) is 0 Å². The summed E-state index contributed by atoms with van der Waals surface area (Å²) >= 11 is 0. The number of hydrogen-bond acceptors (Lipinski definition) is 5. The van der Waals surface area contributed by atoms with Crippen LogP contribution in [0, 0.1) is 11.3 Å². The number of hydrazone groups is 1. The summed E-state index contributed by atoms with van der Waals surface area (Å²) in [4.78, 5) is 10.3. The topological polar surface area (TPSA) is 82.2 Å². The lowest BCUT2D eigenvalue weighted by Gasteiger charge is -2.38. The monoisotopic (exact) mass is 508 g/mol. The first-order chi connectivity index (χ1) is 18.5. The molecule has 2 N–H and O–H groups in total. The molecule has 1 aromatic heterocycles. The van der Waals surface area contributed by atoms with Gasteiger partial charge in [0.1, 0.15) is 5.84 Å². The van der Waals surface area contributed by atoms with Crippen molar-refractivity contribution >= 4 is 18.0 Å². The van der Waals surface area contributed by atoms with Crippen LogP contribution >= 0.6 is 0 Å². The third kappa shape index (κ3) is 4.53. The van der Waals surface area contributed by atoms with Crippen LogP contribution in [0.2, 0.25) is 0 Å². The third-order valence-corrected chi connectivity index (χ3v) is 8.30. The Balaban J connectivity index is 1.35. The van der Waals surface area contributed by atoms with Gasteiger partial charge >= 0.3 is 0 Å². The molecule has 1 saturated heterocycles. The first-order valence-electron chi connectivity index (χ1n) is 13.7. The summed E-state index contributed by atoms with van der Waals surface area (Å²) in [5, 5.41) is 18.2. The van der Waals surface area contributed by atoms with Crippen LogP contribution in [0.25, 0.3) is 5.69 Å². The second-order valence-electron chi connectivity index (χ2n) is 11.0. The number of hydrogen-bond donors (Lipinski definition) is 2. The lowest BCUT2D eigenvalue weighted by atomic mass is 9.78. The molecule has 8 nitrogen and oxygen atoms in total. The minimum Gasteiger partial charge on any atom is -0.317 e. The van der Waals surface area contributed by atoms with Crippen LogP contribution in [0.5, 0.6) is 0 Å². The number of rotatable bonds is 6. The summed E-state index contributed by atoms with van der Waals surface area (Å²) in [5.74, 6) is 2.54. The SMILES string of the molecule is CC(C)C1(C)C=NN2C(=NCc3ccccc3-n3cccn3)NC(c3cccc(C4CCNCC4)c3)=NC21. The Labute approximate surface area is 224 Å². The van der Waals surface area contributed by atoms with Gasteiger partial charge in [-0.2, -0.15) is 10.2 Å². The van der Waals surface area contributed by atoms with Gasteiger partial charge < -0.3 is 10.6 Å². The molecule has 3 aliphatic rings. The Morgan fingerprint density at radius 2 is 1.92 bits per heavy atom. The third-order valence-electron chi connectivity index (χ3n) is 8.30. The number of aromatic nitrogens is 2. The van der Waals surface area contributed by atoms with Crippen LogP contribution in [-0.4, -0.2) is 52.1 Å². The molecule has 0 amide bonds. The highest BCUT2D eigenvalue weighted by molar-refractivity contribution is 6.11. The van der Waals surface area contributed by atoms with Crippen molar-refractivity contribution in [3.05, 3.63) is 83.7 Å². The van der Waals surface area contributed by atoms with Gasteiger partial charge in [0.25, 0.3) is 0 Å². The highest BCUT2D eigenvalue weighted by atomic mass is 15.6. The van der Waals surface area contributed by atoms with Gasteiger partial charge in [-0.15, -0.1) is 0 Å². The van der Waals surface area contributed by atoms with Crippen molar-refractivity contribution in [2.45, 2.75) is 52.2 Å². The van der Waals surface area contributed by atoms with E-state index in [1.54, 1.807) is 6.20 Å². The number of amidine groups is 1. The molecule has 1 fully saturated rings. The number of aliphatic imine (C=N–C) groups is 2. The van der Waals surface area contributed by atoms with Gasteiger partial charge in [-0.05, 0) is 67.1 Å². The van der Waals surface area contributed by atoms with E-state index in [2.05, 4.69) is 79.1 Å². The van der Waals surface area contributed by atoms with E-state index >= 15 is 0 Å². The average Bonchev–Trinajstić information content (AvgIpc) is 3.62. The fraction of sp³-hybridized carbons (Fsp3) is 0.400. The minimum absolute atomic E-state index is 0.151. The number of para-hydroxylation sites is 1. The highest BCUT2D eigenvalue weighted by Crippen LogP contribution is 2.39. The van der Waals surface area contributed by atoms with Crippen molar-refractivity contribution in [3.8, 4) is 5.69 Å². The van der Waals surface area contributed by atoms with E-state index in [0.29, 0.717) is 18.4 Å². The molecule has 0 saturated carbocycles. The molecule has 38 heavy (non-hydrogen) atoms. The number of benzene rings is 2. The van der Waals surface area contributed by atoms with Crippen molar-refractivity contribution < 1.29 is 0 Å². The normalized spacial score (nSPS) is 24.5. The second kappa shape index (κ2) is 10.2. The van der Waals surface area contributed by atoms with Crippen LogP contribution < -0.4 is 10.6 Å². The maximum atomic E-state index is 5.24. The fourth-order valence-corrected chi connectivity index (χ4v) is 5.50. The van der Waals surface area contributed by atoms with E-state index in [-0.39, 0.29) is 11.6 Å². The van der Waals surface area contributed by atoms with Gasteiger partial charge in [-0.1, -0.05) is 57.2 Å². The minimum atomic E-state index is -0.201. The molecule has 2 aromatic carbocycles. The van der Waals surface area contributed by atoms with Crippen molar-refractivity contribution in [2.75, 3.05) is 13.1 Å². The number of nitrogens with zero attached hydrogens (tertiary/aromatic N) is 6. The molecule has 0 bridgehead atoms. The summed E-state index contributed by atoms with van der Waals surface area (Å²) in [7, 11) is 0. The molecule has 0 aliphatic carbocycles. The molecular formula is C30H36N8. The van der Waals surface area contributed by atoms with Gasteiger partial charge in [0.2, 0.25) is 5.96 Å². The van der Waals surface area contributed by atoms with Crippen LogP contribution in [0.1, 0.15) is 56.2 Å². The van der Waals surface area contributed by atoms with Crippen molar-refractivity contribution in [1.29, 1.82) is 0 Å². The number of guanidine groups is 1. The molecule has 3 aromatic rings. The summed E-state index contributed by atoms with van der Waals surface area (Å²) in [6.07, 6.45) is 7.99. The van der Waals surface area contributed by atoms with E-state index in [1.807, 2.05) is 34.1 Å². The van der Waals surface area contributed by atoms with E-state index in [0.717, 1.165) is 41.7 Å². The van der Waals surface area contributed by atoms with Crippen molar-refractivity contribution in [2.24, 2.45) is 26.4 Å². The van der Waals surface area contributed by atoms with Crippen molar-refractivity contribution in [1.82, 2.24) is 25.4 Å². The quantitative estimate of drug-likeness (QED) is 0.512. The Morgan fingerprint density at radius 1 is 1.08 bits per heavy atom. The van der Waals surface area contributed by atoms with Gasteiger partial charge in [-0.3, -0.25) is 0 Å². The molecule has 4 heterocycles. The van der Waals surface area contributed by atoms with E-state index < -0.39 is 0 Å². The van der Waals surface area contributed by atoms with E-state index in [4.69, 9.17) is 15.1 Å². The zero-order valence-corrected chi connectivity index (χ0v) is 22.4. The Morgan fingerprint density at radius 3 is 2.71 bits per heavy atom. The van der Waals surface area contributed by atoms with Crippen LogP contribution in [-0.2, 0) is 6.54 Å². The first kappa shape index (κ1) is 24.6. The molecule has 0 radical (unpaired) electrons. The van der Waals surface area contributed by atoms with E-state index in [9.17, 15) is 0 Å². The summed E-state index contributed by atoms with van der Waals surface area (Å²) in [6, 6.07) is 19.1. The molecule has 3 aliphatic heterocycles. The van der Waals surface area contributed by atoms with E-state index in [1.165, 1.54) is 18.4 Å². The molecular weight excluding hydrogens is 472 g/mol. The zero-order chi connectivity index (χ0) is 26.1. The zero-order valence-electron chi connectivity index (χ0n) is 22.4. The van der Waals surface area contributed by atoms with Crippen molar-refractivity contribution in [3.63, 3.8) is 0 Å². The maximum absolute atomic E-state index is 5.24. The van der Waals surface area contributed by atoms with Gasteiger partial charge in [0, 0.05) is 29.6 Å². The summed E-state index contributed by atoms with van der Waals surface area (Å²) in [6.45, 7) is 9.37. The molecule has 0 spiro atoms. The fourth-order valence-electron chi connectivity index (χ4n) is 5.50. The lowest BCUT2D eigenvalue weighted by molar-refractivity contribution is 0.186. The highest BCUT2D eigenvalue weighted by Gasteiger charge is 2.47. The Kier molecular flexibility index (Phi) is 6.57. The standard InChI is InChI=1S/C30H36N8/c1-21(2)30(3)20-34-38-28(30)35-27(24-10-6-9-23(18-24)22-12-15-31-16-13-22)36-29(38)32-19-25-8-4-5-11-26(25)37-17-7-14-33-37/h4-11,14,17-18,20-22,28,31H,12-13,15-16,19H2,1-3H3,(H,32,35,36). The van der Waals surface area contributed by atoms with Gasteiger partial charge in [0.05, 0.1) is 12.2 Å². The molecule has 196 valence electrons. The van der Waals surface area contributed by atoms with Gasteiger partial charge in [0.15, 0.2) is 6.17 Å². The largest absolute Gasteiger partial charge is 0.317 e. The van der Waals surface area contributed by atoms with Gasteiger partial charge in [-0.25, -0.2) is 19.7 Å². The smallest absolute Gasteiger partial charge is 0.222 e. The lowest BCUT2D eigenvalue weighted by Crippen LogP contribution is -2.54. The Hall–Kier alpha value is -3.78. The van der Waals surface area contributed by atoms with Crippen LogP contribution in [0.4, 0.5) is 0 Å². The maximum Gasteiger partial charge on any atom is 0.222 e. The average molecular weight is 509 g/mol. The summed E-state index contributed by atoms with van der Waals surface area (Å²) < 4.78 is 1.88. The molecule has 8 heteroatoms. The number of nitrogens with one attached hydrogen (secondary N) is 2. The molecule has 2 unspecified atom stereocenters. The Bertz CT molecular complexity index is 1370. The van der Waals surface area contributed by atoms with Crippen LogP contribution in [0.15, 0.2) is 82.1 Å². The number of fused-ring (bicyclic) bond motifs is 1. The molecule has 2 atom stereocenters. The predicted molar refractivity (Wildman–Crippen MR) is 153 cm³/mol. The summed E-state index contributed by atoms with van der Waals surface area (Å²) in [5.41, 5.74) is 4.40. The molecule has 6 rings (SSSR count).